The number of carbonyl (C=O) groups is 2. The number of fused-ring (bicyclic) bond motifs is 1. The molecule has 1 aliphatic heterocycles. The van der Waals surface area contributed by atoms with Gasteiger partial charge in [0.25, 0.3) is 0 Å². The third-order valence-corrected chi connectivity index (χ3v) is 5.79. The van der Waals surface area contributed by atoms with E-state index in [0.29, 0.717) is 12.8 Å². The number of hydrogen-bond acceptors (Lipinski definition) is 5. The lowest BCUT2D eigenvalue weighted by molar-refractivity contribution is -0.179. The van der Waals surface area contributed by atoms with Gasteiger partial charge in [0.05, 0.1) is 17.4 Å². The minimum atomic E-state index is -1.01. The predicted octanol–water partition coefficient (Wildman–Crippen LogP) is 3.57. The second-order valence-electron chi connectivity index (χ2n) is 8.81. The van der Waals surface area contributed by atoms with Crippen LogP contribution in [0.4, 0.5) is 0 Å². The van der Waals surface area contributed by atoms with E-state index in [1.807, 2.05) is 37.3 Å². The van der Waals surface area contributed by atoms with Crippen molar-refractivity contribution in [3.63, 3.8) is 0 Å². The Labute approximate surface area is 166 Å². The first-order valence-electron chi connectivity index (χ1n) is 9.93. The third-order valence-electron chi connectivity index (χ3n) is 5.79. The van der Waals surface area contributed by atoms with Gasteiger partial charge in [-0.1, -0.05) is 37.3 Å². The second kappa shape index (κ2) is 7.84. The molecule has 3 rings (SSSR count). The van der Waals surface area contributed by atoms with Crippen molar-refractivity contribution in [2.45, 2.75) is 77.5 Å². The van der Waals surface area contributed by atoms with Gasteiger partial charge in [-0.15, -0.1) is 0 Å². The average molecular weight is 390 g/mol. The fourth-order valence-electron chi connectivity index (χ4n) is 4.12. The molecule has 1 heterocycles. The van der Waals surface area contributed by atoms with Crippen LogP contribution in [0.25, 0.3) is 0 Å². The molecule has 0 radical (unpaired) electrons. The maximum atomic E-state index is 12.7. The minimum absolute atomic E-state index is 0.222. The van der Waals surface area contributed by atoms with Gasteiger partial charge in [0.1, 0.15) is 12.2 Å². The summed E-state index contributed by atoms with van der Waals surface area (Å²) in [6, 6.07) is 9.99. The first-order valence-corrected chi connectivity index (χ1v) is 9.93. The molecule has 1 aromatic rings. The van der Waals surface area contributed by atoms with Crippen LogP contribution in [0, 0.1) is 11.3 Å². The lowest BCUT2D eigenvalue weighted by atomic mass is 9.72. The molecule has 6 nitrogen and oxygen atoms in total. The lowest BCUT2D eigenvalue weighted by Gasteiger charge is -2.40. The van der Waals surface area contributed by atoms with E-state index in [1.54, 1.807) is 20.8 Å². The standard InChI is InChI=1S/C22H30O6/c1-14(10-11-15-8-6-5-7-9-15)19(23)26-16-12-22(4,20(24)25)13-17-18(16)28-21(2,3)27-17/h5-9,14,16-18H,10-13H2,1-4H3,(H,24,25). The van der Waals surface area contributed by atoms with Gasteiger partial charge >= 0.3 is 11.9 Å². The summed E-state index contributed by atoms with van der Waals surface area (Å²) in [5.41, 5.74) is 0.163. The zero-order valence-corrected chi connectivity index (χ0v) is 17.0. The molecule has 0 aromatic heterocycles. The summed E-state index contributed by atoms with van der Waals surface area (Å²) in [5, 5.41) is 9.68. The number of aliphatic carboxylic acids is 1. The van der Waals surface area contributed by atoms with Crippen molar-refractivity contribution in [3.05, 3.63) is 35.9 Å². The van der Waals surface area contributed by atoms with Gasteiger partial charge in [-0.3, -0.25) is 9.59 Å². The zero-order valence-electron chi connectivity index (χ0n) is 17.0. The molecule has 1 aliphatic carbocycles. The van der Waals surface area contributed by atoms with Crippen LogP contribution < -0.4 is 0 Å². The molecule has 1 saturated heterocycles. The number of rotatable bonds is 6. The first kappa shape index (κ1) is 20.8. The summed E-state index contributed by atoms with van der Waals surface area (Å²) >= 11 is 0. The number of carboxylic acids is 1. The predicted molar refractivity (Wildman–Crippen MR) is 103 cm³/mol. The van der Waals surface area contributed by atoms with E-state index >= 15 is 0 Å². The van der Waals surface area contributed by atoms with Gasteiger partial charge in [-0.2, -0.15) is 0 Å². The molecule has 2 aliphatic rings. The molecule has 1 saturated carbocycles. The number of ether oxygens (including phenoxy) is 3. The highest BCUT2D eigenvalue weighted by Crippen LogP contribution is 2.46. The molecule has 0 bridgehead atoms. The number of benzene rings is 1. The fraction of sp³-hybridized carbons (Fsp3) is 0.636. The van der Waals surface area contributed by atoms with Crippen LogP contribution in [0.15, 0.2) is 30.3 Å². The Morgan fingerprint density at radius 2 is 1.86 bits per heavy atom. The molecule has 1 aromatic carbocycles. The van der Waals surface area contributed by atoms with Gasteiger partial charge in [0.2, 0.25) is 0 Å². The molecule has 1 N–H and O–H groups in total. The maximum Gasteiger partial charge on any atom is 0.309 e. The topological polar surface area (TPSA) is 82.1 Å². The highest BCUT2D eigenvalue weighted by molar-refractivity contribution is 5.75. The Bertz CT molecular complexity index is 715. The zero-order chi connectivity index (χ0) is 20.5. The van der Waals surface area contributed by atoms with E-state index in [4.69, 9.17) is 14.2 Å². The maximum absolute atomic E-state index is 12.7. The summed E-state index contributed by atoms with van der Waals surface area (Å²) in [6.07, 6.45) is 0.549. The molecule has 2 fully saturated rings. The van der Waals surface area contributed by atoms with Crippen LogP contribution in [-0.4, -0.2) is 41.1 Å². The number of carboxylic acid groups (broad SMARTS) is 1. The van der Waals surface area contributed by atoms with Gasteiger partial charge in [0.15, 0.2) is 5.79 Å². The van der Waals surface area contributed by atoms with Crippen LogP contribution >= 0.6 is 0 Å². The summed E-state index contributed by atoms with van der Waals surface area (Å²) < 4.78 is 17.6. The Morgan fingerprint density at radius 3 is 2.50 bits per heavy atom. The van der Waals surface area contributed by atoms with Crippen molar-refractivity contribution in [2.24, 2.45) is 11.3 Å². The quantitative estimate of drug-likeness (QED) is 0.748. The van der Waals surface area contributed by atoms with Crippen LogP contribution in [0.5, 0.6) is 0 Å². The average Bonchev–Trinajstić information content (AvgIpc) is 2.94. The van der Waals surface area contributed by atoms with Crippen molar-refractivity contribution >= 4 is 11.9 Å². The first-order chi connectivity index (χ1) is 13.1. The Hall–Kier alpha value is -1.92. The highest BCUT2D eigenvalue weighted by Gasteiger charge is 2.56. The smallest absolute Gasteiger partial charge is 0.309 e. The molecule has 28 heavy (non-hydrogen) atoms. The fourth-order valence-corrected chi connectivity index (χ4v) is 4.12. The van der Waals surface area contributed by atoms with E-state index in [1.165, 1.54) is 5.56 Å². The van der Waals surface area contributed by atoms with Crippen LogP contribution in [-0.2, 0) is 30.2 Å². The number of esters is 1. The molecular weight excluding hydrogens is 360 g/mol. The molecule has 6 heteroatoms. The van der Waals surface area contributed by atoms with Gasteiger partial charge < -0.3 is 19.3 Å². The van der Waals surface area contributed by atoms with Crippen molar-refractivity contribution in [3.8, 4) is 0 Å². The van der Waals surface area contributed by atoms with Crippen LogP contribution in [0.1, 0.15) is 52.5 Å². The highest BCUT2D eigenvalue weighted by atomic mass is 16.8. The van der Waals surface area contributed by atoms with E-state index in [-0.39, 0.29) is 18.3 Å². The third kappa shape index (κ3) is 4.55. The van der Waals surface area contributed by atoms with Crippen LogP contribution in [0.3, 0.4) is 0 Å². The largest absolute Gasteiger partial charge is 0.481 e. The molecule has 154 valence electrons. The molecular formula is C22H30O6. The van der Waals surface area contributed by atoms with Crippen molar-refractivity contribution in [2.75, 3.05) is 0 Å². The monoisotopic (exact) mass is 390 g/mol. The van der Waals surface area contributed by atoms with E-state index in [0.717, 1.165) is 6.42 Å². The van der Waals surface area contributed by atoms with E-state index < -0.39 is 35.5 Å². The number of aryl methyl sites for hydroxylation is 1. The lowest BCUT2D eigenvalue weighted by Crippen LogP contribution is -2.51. The summed E-state index contributed by atoms with van der Waals surface area (Å²) in [7, 11) is 0. The molecule has 5 unspecified atom stereocenters. The summed E-state index contributed by atoms with van der Waals surface area (Å²) in [4.78, 5) is 24.5. The second-order valence-corrected chi connectivity index (χ2v) is 8.81. The minimum Gasteiger partial charge on any atom is -0.481 e. The van der Waals surface area contributed by atoms with Gasteiger partial charge in [-0.05, 0) is 45.6 Å². The number of carbonyl (C=O) groups excluding carboxylic acids is 1. The Kier molecular flexibility index (Phi) is 5.82. The van der Waals surface area contributed by atoms with Gasteiger partial charge in [0, 0.05) is 6.42 Å². The van der Waals surface area contributed by atoms with Crippen LogP contribution in [0.2, 0.25) is 0 Å². The normalized spacial score (nSPS) is 32.4. The van der Waals surface area contributed by atoms with Crippen molar-refractivity contribution in [1.82, 2.24) is 0 Å². The molecule has 0 spiro atoms. The molecule has 5 atom stereocenters. The van der Waals surface area contributed by atoms with E-state index in [9.17, 15) is 14.7 Å². The Morgan fingerprint density at radius 1 is 1.18 bits per heavy atom. The number of hydrogen-bond donors (Lipinski definition) is 1. The molecule has 0 amide bonds. The van der Waals surface area contributed by atoms with Gasteiger partial charge in [-0.25, -0.2) is 0 Å². The van der Waals surface area contributed by atoms with Crippen molar-refractivity contribution in [1.29, 1.82) is 0 Å². The summed E-state index contributed by atoms with van der Waals surface area (Å²) in [5.74, 6) is -2.32. The Balaban J connectivity index is 1.66. The SMILES string of the molecule is CC(CCc1ccccc1)C(=O)OC1CC(C)(C(=O)O)CC2OC(C)(C)OC12. The van der Waals surface area contributed by atoms with Crippen molar-refractivity contribution < 1.29 is 28.9 Å². The van der Waals surface area contributed by atoms with E-state index in [2.05, 4.69) is 0 Å². The summed E-state index contributed by atoms with van der Waals surface area (Å²) in [6.45, 7) is 7.12.